The third kappa shape index (κ3) is 5.18. The first-order valence-electron chi connectivity index (χ1n) is 23.4. The lowest BCUT2D eigenvalue weighted by molar-refractivity contribution is 0.723. The average molecular weight is 882 g/mol. The lowest BCUT2D eigenvalue weighted by Gasteiger charge is -2.39. The van der Waals surface area contributed by atoms with Crippen LogP contribution in [0.3, 0.4) is 0 Å². The zero-order valence-electron chi connectivity index (χ0n) is 36.8. The van der Waals surface area contributed by atoms with Gasteiger partial charge in [0.15, 0.2) is 0 Å². The minimum atomic E-state index is -0.482. The summed E-state index contributed by atoms with van der Waals surface area (Å²) in [5.74, 6) is 0.922. The third-order valence-corrected chi connectivity index (χ3v) is 15.9. The van der Waals surface area contributed by atoms with Gasteiger partial charge in [0.1, 0.15) is 5.82 Å². The number of para-hydroxylation sites is 3. The van der Waals surface area contributed by atoms with E-state index in [9.17, 15) is 0 Å². The Morgan fingerprint density at radius 2 is 0.985 bits per heavy atom. The maximum atomic E-state index is 5.20. The van der Waals surface area contributed by atoms with E-state index in [1.165, 1.54) is 97.6 Å². The van der Waals surface area contributed by atoms with Gasteiger partial charge in [0.25, 0.3) is 0 Å². The molecule has 0 amide bonds. The van der Waals surface area contributed by atoms with Crippen LogP contribution >= 0.6 is 11.8 Å². The zero-order chi connectivity index (χ0) is 44.5. The van der Waals surface area contributed by atoms with Crippen LogP contribution in [0.2, 0.25) is 0 Å². The Hall–Kier alpha value is -8.44. The van der Waals surface area contributed by atoms with Crippen LogP contribution in [0.4, 0.5) is 0 Å². The molecule has 0 saturated carbocycles. The summed E-state index contributed by atoms with van der Waals surface area (Å²) in [6.07, 6.45) is 0. The van der Waals surface area contributed by atoms with E-state index in [1.807, 2.05) is 11.8 Å². The summed E-state index contributed by atoms with van der Waals surface area (Å²) in [7, 11) is 0. The number of nitrogens with zero attached hydrogens (tertiary/aromatic N) is 3. The van der Waals surface area contributed by atoms with Gasteiger partial charge in [-0.3, -0.25) is 4.57 Å². The second-order valence-electron chi connectivity index (χ2n) is 18.2. The molecule has 0 radical (unpaired) electrons. The van der Waals surface area contributed by atoms with Crippen LogP contribution in [0, 0.1) is 0 Å². The molecular formula is C64H39N3S. The van der Waals surface area contributed by atoms with Crippen molar-refractivity contribution in [1.29, 1.82) is 0 Å². The van der Waals surface area contributed by atoms with E-state index < -0.39 is 5.41 Å². The van der Waals surface area contributed by atoms with E-state index in [0.717, 1.165) is 33.8 Å². The maximum absolute atomic E-state index is 5.20. The number of aromatic nitrogens is 3. The van der Waals surface area contributed by atoms with Crippen LogP contribution in [0.1, 0.15) is 22.3 Å². The summed E-state index contributed by atoms with van der Waals surface area (Å²) >= 11 is 1.89. The highest BCUT2D eigenvalue weighted by molar-refractivity contribution is 7.99. The second-order valence-corrected chi connectivity index (χ2v) is 19.3. The summed E-state index contributed by atoms with van der Waals surface area (Å²) in [6.45, 7) is 0. The quantitative estimate of drug-likeness (QED) is 0.176. The van der Waals surface area contributed by atoms with Crippen LogP contribution in [0.15, 0.2) is 246 Å². The van der Waals surface area contributed by atoms with Crippen molar-refractivity contribution in [1.82, 2.24) is 14.1 Å². The molecule has 0 unspecified atom stereocenters. The molecule has 1 spiro atoms. The molecule has 11 aromatic carbocycles. The molecule has 1 aliphatic heterocycles. The fraction of sp³-hybridized carbons (Fsp3) is 0.0156. The van der Waals surface area contributed by atoms with E-state index >= 15 is 0 Å². The van der Waals surface area contributed by atoms with Crippen molar-refractivity contribution < 1.29 is 0 Å². The lowest BCUT2D eigenvalue weighted by atomic mass is 9.67. The zero-order valence-corrected chi connectivity index (χ0v) is 37.6. The van der Waals surface area contributed by atoms with Crippen molar-refractivity contribution in [2.75, 3.05) is 0 Å². The minimum absolute atomic E-state index is 0.482. The van der Waals surface area contributed by atoms with Crippen LogP contribution < -0.4 is 0 Å². The Kier molecular flexibility index (Phi) is 7.93. The Bertz CT molecular complexity index is 4190. The number of benzene rings is 11. The van der Waals surface area contributed by atoms with Crippen molar-refractivity contribution in [3.8, 4) is 45.0 Å². The van der Waals surface area contributed by atoms with Gasteiger partial charge in [0.05, 0.1) is 27.5 Å². The fourth-order valence-electron chi connectivity index (χ4n) is 11.9. The predicted octanol–water partition coefficient (Wildman–Crippen LogP) is 16.6. The Balaban J connectivity index is 0.953. The molecule has 0 atom stereocenters. The standard InChI is InChI=1S/C64H39N3S/c1-2-16-45(17-3-1)67-56-23-11-10-22-55(56)65-63(67)42-26-32-46(33-27-42)66-57-37-31-41-15-5-7-19-48(41)62(57)50-35-29-44(39-58(50)66)43-28-34-49-54(38-43)64(53-36-30-40-14-4-6-18-47(40)61(49)53)51-20-8-12-24-59(51)68-60-25-13-9-21-52(60)64/h1-39H. The van der Waals surface area contributed by atoms with Gasteiger partial charge in [0.2, 0.25) is 0 Å². The highest BCUT2D eigenvalue weighted by Crippen LogP contribution is 2.63. The SMILES string of the molecule is c1ccc(-n2c(-c3ccc(-n4c5cc(-c6ccc7c(c6)C6(c8ccccc8Sc8ccccc86)c6ccc8ccccc8c6-7)ccc5c5c6ccccc6ccc54)cc3)nc3ccccc32)cc1. The first-order valence-corrected chi connectivity index (χ1v) is 24.2. The summed E-state index contributed by atoms with van der Waals surface area (Å²) in [5.41, 5.74) is 17.6. The highest BCUT2D eigenvalue weighted by atomic mass is 32.2. The lowest BCUT2D eigenvalue weighted by Crippen LogP contribution is -2.32. The smallest absolute Gasteiger partial charge is 0.145 e. The van der Waals surface area contributed by atoms with Gasteiger partial charge in [-0.1, -0.05) is 169 Å². The van der Waals surface area contributed by atoms with E-state index in [1.54, 1.807) is 0 Å². The van der Waals surface area contributed by atoms with Crippen LogP contribution in [0.25, 0.3) is 99.4 Å². The van der Waals surface area contributed by atoms with Crippen molar-refractivity contribution in [3.05, 3.63) is 259 Å². The molecule has 0 fully saturated rings. The Labute approximate surface area is 397 Å². The first kappa shape index (κ1) is 37.7. The molecule has 2 aliphatic rings. The molecule has 15 rings (SSSR count). The van der Waals surface area contributed by atoms with E-state index in [-0.39, 0.29) is 0 Å². The van der Waals surface area contributed by atoms with E-state index in [4.69, 9.17) is 4.98 Å². The molecular weight excluding hydrogens is 843 g/mol. The topological polar surface area (TPSA) is 22.8 Å². The summed E-state index contributed by atoms with van der Waals surface area (Å²) in [5, 5.41) is 7.55. The van der Waals surface area contributed by atoms with Crippen LogP contribution in [-0.2, 0) is 5.41 Å². The molecule has 0 N–H and O–H groups in total. The molecule has 0 saturated heterocycles. The maximum Gasteiger partial charge on any atom is 0.145 e. The normalized spacial score (nSPS) is 13.4. The van der Waals surface area contributed by atoms with E-state index in [2.05, 4.69) is 246 Å². The number of rotatable bonds is 4. The first-order chi connectivity index (χ1) is 33.7. The van der Waals surface area contributed by atoms with Gasteiger partial charge in [-0.05, 0) is 145 Å². The molecule has 13 aromatic rings. The molecule has 3 nitrogen and oxygen atoms in total. The number of fused-ring (bicyclic) bond motifs is 17. The van der Waals surface area contributed by atoms with Crippen molar-refractivity contribution >= 4 is 66.1 Å². The molecule has 0 bridgehead atoms. The molecule has 2 aromatic heterocycles. The van der Waals surface area contributed by atoms with Gasteiger partial charge < -0.3 is 4.57 Å². The van der Waals surface area contributed by atoms with Crippen LogP contribution in [0.5, 0.6) is 0 Å². The summed E-state index contributed by atoms with van der Waals surface area (Å²) < 4.78 is 4.74. The molecule has 68 heavy (non-hydrogen) atoms. The largest absolute Gasteiger partial charge is 0.309 e. The van der Waals surface area contributed by atoms with Gasteiger partial charge in [0, 0.05) is 37.5 Å². The summed E-state index contributed by atoms with van der Waals surface area (Å²) in [4.78, 5) is 7.82. The van der Waals surface area contributed by atoms with Gasteiger partial charge in [-0.2, -0.15) is 0 Å². The number of hydrogen-bond donors (Lipinski definition) is 0. The predicted molar refractivity (Wildman–Crippen MR) is 283 cm³/mol. The Morgan fingerprint density at radius 1 is 0.368 bits per heavy atom. The molecule has 1 aliphatic carbocycles. The Morgan fingerprint density at radius 3 is 1.79 bits per heavy atom. The summed E-state index contributed by atoms with van der Waals surface area (Å²) in [6, 6.07) is 87.5. The van der Waals surface area contributed by atoms with Crippen LogP contribution in [-0.4, -0.2) is 14.1 Å². The van der Waals surface area contributed by atoms with E-state index in [0.29, 0.717) is 0 Å². The van der Waals surface area contributed by atoms with Gasteiger partial charge in [-0.15, -0.1) is 0 Å². The fourth-order valence-corrected chi connectivity index (χ4v) is 13.1. The third-order valence-electron chi connectivity index (χ3n) is 14.8. The monoisotopic (exact) mass is 881 g/mol. The molecule has 3 heterocycles. The van der Waals surface area contributed by atoms with Gasteiger partial charge in [-0.25, -0.2) is 4.98 Å². The molecule has 316 valence electrons. The average Bonchev–Trinajstić information content (AvgIpc) is 4.06. The van der Waals surface area contributed by atoms with Crippen molar-refractivity contribution in [2.24, 2.45) is 0 Å². The second kappa shape index (κ2) is 14.3. The highest BCUT2D eigenvalue weighted by Gasteiger charge is 2.50. The minimum Gasteiger partial charge on any atom is -0.309 e. The molecule has 4 heteroatoms. The number of imidazole rings is 1. The van der Waals surface area contributed by atoms with Crippen molar-refractivity contribution in [2.45, 2.75) is 15.2 Å². The van der Waals surface area contributed by atoms with Gasteiger partial charge >= 0.3 is 0 Å². The number of hydrogen-bond acceptors (Lipinski definition) is 2. The van der Waals surface area contributed by atoms with Crippen molar-refractivity contribution in [3.63, 3.8) is 0 Å².